The van der Waals surface area contributed by atoms with Gasteiger partial charge in [-0.05, 0) is 72.8 Å². The minimum Gasteiger partial charge on any atom is -0.378 e. The van der Waals surface area contributed by atoms with Crippen molar-refractivity contribution >= 4 is 46.4 Å². The topological polar surface area (TPSA) is 110 Å². The van der Waals surface area contributed by atoms with Crippen LogP contribution >= 0.6 is 0 Å². The van der Waals surface area contributed by atoms with Crippen molar-refractivity contribution in [2.24, 2.45) is 0 Å². The summed E-state index contributed by atoms with van der Waals surface area (Å²) >= 11 is 0. The van der Waals surface area contributed by atoms with Crippen LogP contribution in [0.5, 0.6) is 0 Å². The van der Waals surface area contributed by atoms with Crippen LogP contribution in [0, 0.1) is 0 Å². The molecule has 12 nitrogen and oxygen atoms in total. The Balaban J connectivity index is 1.41. The summed E-state index contributed by atoms with van der Waals surface area (Å²) in [7, 11) is 6.92. The Hall–Kier alpha value is -6.96. The number of ether oxygens (including phenoxy) is 4. The van der Waals surface area contributed by atoms with Gasteiger partial charge in [-0.25, -0.2) is 28.2 Å². The lowest BCUT2D eigenvalue weighted by Crippen LogP contribution is -2.35. The van der Waals surface area contributed by atoms with Crippen LogP contribution in [0.1, 0.15) is 22.8 Å². The SMILES string of the molecule is COCC[n+]1cccc(-c2c3nc(c(-c4ccc[n+](CCOC)c4)c4ccc([nH]4)c(-c4ccc[n+](CCOC)c4)c4nc(c(-c5ccc[n+](CCOC)c5)c5ccc2[nH]5)C=C4)C=C3)c1. The molecule has 0 spiro atoms. The van der Waals surface area contributed by atoms with E-state index in [1.165, 1.54) is 0 Å². The van der Waals surface area contributed by atoms with Crippen LogP contribution < -0.4 is 18.3 Å². The lowest BCUT2D eigenvalue weighted by atomic mass is 10.1. The highest BCUT2D eigenvalue weighted by atomic mass is 16.5. The second kappa shape index (κ2) is 19.6. The number of H-pyrrole nitrogens is 2. The predicted molar refractivity (Wildman–Crippen MR) is 249 cm³/mol. The number of rotatable bonds is 16. The highest BCUT2D eigenvalue weighted by Crippen LogP contribution is 2.37. The summed E-state index contributed by atoms with van der Waals surface area (Å²) in [6.07, 6.45) is 25.5. The van der Waals surface area contributed by atoms with Gasteiger partial charge in [0.05, 0.1) is 22.8 Å². The van der Waals surface area contributed by atoms with Crippen molar-refractivity contribution < 1.29 is 37.2 Å². The van der Waals surface area contributed by atoms with Crippen LogP contribution in [0.15, 0.2) is 122 Å². The Morgan fingerprint density at radius 2 is 0.625 bits per heavy atom. The zero-order chi connectivity index (χ0) is 43.8. The van der Waals surface area contributed by atoms with Gasteiger partial charge in [0.15, 0.2) is 75.8 Å². The molecule has 322 valence electrons. The quantitative estimate of drug-likeness (QED) is 0.101. The number of fused-ring (bicyclic) bond motifs is 8. The molecule has 0 radical (unpaired) electrons. The van der Waals surface area contributed by atoms with Gasteiger partial charge in [-0.3, -0.25) is 0 Å². The first-order valence-electron chi connectivity index (χ1n) is 21.6. The molecule has 12 heteroatoms. The number of nitrogens with one attached hydrogen (secondary N) is 2. The van der Waals surface area contributed by atoms with E-state index in [0.717, 1.165) is 89.4 Å². The van der Waals surface area contributed by atoms with Crippen LogP contribution in [0.3, 0.4) is 0 Å². The first kappa shape index (κ1) is 42.3. The molecule has 0 aromatic carbocycles. The Kier molecular flexibility index (Phi) is 13.0. The predicted octanol–water partition coefficient (Wildman–Crippen LogP) is 7.06. The first-order chi connectivity index (χ1) is 31.5. The van der Waals surface area contributed by atoms with Crippen LogP contribution in [0.2, 0.25) is 0 Å². The van der Waals surface area contributed by atoms with E-state index in [0.29, 0.717) is 52.6 Å². The fourth-order valence-electron chi connectivity index (χ4n) is 8.44. The maximum atomic E-state index is 5.51. The van der Waals surface area contributed by atoms with Gasteiger partial charge < -0.3 is 28.9 Å². The van der Waals surface area contributed by atoms with Gasteiger partial charge in [0.25, 0.3) is 0 Å². The molecule has 0 aliphatic carbocycles. The highest BCUT2D eigenvalue weighted by Gasteiger charge is 2.22. The third-order valence-electron chi connectivity index (χ3n) is 11.6. The van der Waals surface area contributed by atoms with E-state index >= 15 is 0 Å². The van der Waals surface area contributed by atoms with Gasteiger partial charge in [0, 0.05) is 119 Å². The van der Waals surface area contributed by atoms with Crippen molar-refractivity contribution in [3.05, 3.63) is 145 Å². The second-order valence-corrected chi connectivity index (χ2v) is 15.8. The third kappa shape index (κ3) is 9.08. The van der Waals surface area contributed by atoms with Crippen molar-refractivity contribution in [2.45, 2.75) is 26.2 Å². The first-order valence-corrected chi connectivity index (χ1v) is 21.6. The lowest BCUT2D eigenvalue weighted by Gasteiger charge is -2.06. The minimum atomic E-state index is 0.596. The summed E-state index contributed by atoms with van der Waals surface area (Å²) in [6.45, 7) is 5.24. The van der Waals surface area contributed by atoms with Gasteiger partial charge in [-0.15, -0.1) is 0 Å². The largest absolute Gasteiger partial charge is 0.378 e. The fourth-order valence-corrected chi connectivity index (χ4v) is 8.44. The molecule has 9 rings (SSSR count). The molecule has 0 saturated heterocycles. The lowest BCUT2D eigenvalue weighted by molar-refractivity contribution is -0.697. The van der Waals surface area contributed by atoms with E-state index < -0.39 is 0 Å². The summed E-state index contributed by atoms with van der Waals surface area (Å²) < 4.78 is 30.5. The Bertz CT molecular complexity index is 2650. The third-order valence-corrected chi connectivity index (χ3v) is 11.6. The molecule has 0 atom stereocenters. The summed E-state index contributed by atoms with van der Waals surface area (Å²) in [6, 6.07) is 25.6. The minimum absolute atomic E-state index is 0.596. The molecular weight excluding hydrogens is 801 g/mol. The standard InChI is InChI=1S/C52H54N8O4/c1-61-29-25-57-21-5-9-37(33-57)49-41-13-15-43(53-41)50(38-10-6-22-58(34-38)26-30-62-2)45-17-19-47(55-45)52(40-12-8-24-60(36-40)28-32-64-4)48-20-18-46(56-48)51(44-16-14-42(49)54-44)39-11-7-23-59(35-39)27-31-63-3/h5-24,33-36,53,56H,25-32H2,1-4H3/q+4. The number of pyridine rings is 4. The average Bonchev–Trinajstić information content (AvgIpc) is 4.18. The molecule has 0 unspecified atom stereocenters. The monoisotopic (exact) mass is 854 g/mol. The molecule has 8 bridgehead atoms. The number of hydrogen-bond acceptors (Lipinski definition) is 6. The van der Waals surface area contributed by atoms with Crippen LogP contribution in [-0.2, 0) is 45.1 Å². The van der Waals surface area contributed by atoms with Crippen LogP contribution in [-0.4, -0.2) is 74.8 Å². The number of nitrogens with zero attached hydrogens (tertiary/aromatic N) is 6. The van der Waals surface area contributed by atoms with Crippen molar-refractivity contribution in [1.82, 2.24) is 19.9 Å². The average molecular weight is 855 g/mol. The number of methoxy groups -OCH3 is 4. The second-order valence-electron chi connectivity index (χ2n) is 15.8. The molecular formula is C52H54N8O4+4. The molecule has 7 aromatic rings. The molecule has 64 heavy (non-hydrogen) atoms. The molecule has 0 amide bonds. The molecule has 7 aromatic heterocycles. The van der Waals surface area contributed by atoms with E-state index in [2.05, 4.69) is 175 Å². The highest BCUT2D eigenvalue weighted by molar-refractivity contribution is 5.99. The van der Waals surface area contributed by atoms with Gasteiger partial charge in [-0.2, -0.15) is 0 Å². The molecule has 0 saturated carbocycles. The maximum Gasteiger partial charge on any atom is 0.176 e. The molecule has 2 N–H and O–H groups in total. The molecule has 2 aliphatic rings. The Morgan fingerprint density at radius 3 is 0.859 bits per heavy atom. The van der Waals surface area contributed by atoms with Crippen LogP contribution in [0.4, 0.5) is 0 Å². The summed E-state index contributed by atoms with van der Waals surface area (Å²) in [5.41, 5.74) is 15.1. The van der Waals surface area contributed by atoms with Gasteiger partial charge in [-0.1, -0.05) is 0 Å². The zero-order valence-electron chi connectivity index (χ0n) is 36.8. The van der Waals surface area contributed by atoms with E-state index in [1.807, 2.05) is 0 Å². The van der Waals surface area contributed by atoms with E-state index in [4.69, 9.17) is 28.9 Å². The summed E-state index contributed by atoms with van der Waals surface area (Å²) in [5.74, 6) is 0. The molecule has 9 heterocycles. The normalized spacial score (nSPS) is 12.1. The summed E-state index contributed by atoms with van der Waals surface area (Å²) in [5, 5.41) is 0. The number of aromatic amines is 2. The fraction of sp³-hybridized carbons (Fsp3) is 0.231. The smallest absolute Gasteiger partial charge is 0.176 e. The van der Waals surface area contributed by atoms with Crippen molar-refractivity contribution in [3.8, 4) is 44.5 Å². The van der Waals surface area contributed by atoms with E-state index in [1.54, 1.807) is 28.4 Å². The Morgan fingerprint density at radius 1 is 0.375 bits per heavy atom. The van der Waals surface area contributed by atoms with Crippen molar-refractivity contribution in [3.63, 3.8) is 0 Å². The van der Waals surface area contributed by atoms with Gasteiger partial charge >= 0.3 is 0 Å². The number of hydrogen-bond donors (Lipinski definition) is 2. The van der Waals surface area contributed by atoms with Crippen LogP contribution in [0.25, 0.3) is 90.9 Å². The van der Waals surface area contributed by atoms with E-state index in [9.17, 15) is 0 Å². The zero-order valence-corrected chi connectivity index (χ0v) is 36.8. The molecule has 2 aliphatic heterocycles. The molecule has 0 fully saturated rings. The van der Waals surface area contributed by atoms with Crippen molar-refractivity contribution in [2.75, 3.05) is 54.9 Å². The maximum absolute atomic E-state index is 5.51. The Labute approximate surface area is 373 Å². The van der Waals surface area contributed by atoms with Gasteiger partial charge in [0.1, 0.15) is 26.4 Å². The number of aromatic nitrogens is 8. The summed E-state index contributed by atoms with van der Waals surface area (Å²) in [4.78, 5) is 18.8. The van der Waals surface area contributed by atoms with Crippen molar-refractivity contribution in [1.29, 1.82) is 0 Å². The van der Waals surface area contributed by atoms with E-state index in [-0.39, 0.29) is 0 Å². The van der Waals surface area contributed by atoms with Gasteiger partial charge in [0.2, 0.25) is 0 Å².